The van der Waals surface area contributed by atoms with Crippen molar-refractivity contribution >= 4 is 60.3 Å². The highest BCUT2D eigenvalue weighted by Gasteiger charge is 2.23. The summed E-state index contributed by atoms with van der Waals surface area (Å²) < 4.78 is 35.3. The molecule has 0 radical (unpaired) electrons. The first kappa shape index (κ1) is 23.5. The van der Waals surface area contributed by atoms with E-state index < -0.39 is 16.0 Å². The van der Waals surface area contributed by atoms with Gasteiger partial charge in [0.15, 0.2) is 11.6 Å². The first-order valence-electron chi connectivity index (χ1n) is 10.1. The van der Waals surface area contributed by atoms with E-state index in [1.165, 1.54) is 18.2 Å². The van der Waals surface area contributed by atoms with E-state index in [4.69, 9.17) is 9.84 Å². The van der Waals surface area contributed by atoms with Gasteiger partial charge in [0.1, 0.15) is 10.6 Å². The number of carboxylic acids is 1. The Balaban J connectivity index is 1.77. The first-order chi connectivity index (χ1) is 16.3. The quantitative estimate of drug-likeness (QED) is 0.282. The monoisotopic (exact) mass is 542 g/mol. The maximum absolute atomic E-state index is 13.3. The number of sulfonamides is 1. The molecular weight excluding hydrogens is 524 g/mol. The molecule has 11 heteroatoms. The zero-order valence-electron chi connectivity index (χ0n) is 17.8. The van der Waals surface area contributed by atoms with Gasteiger partial charge >= 0.3 is 5.97 Å². The SMILES string of the molecule is CCOc1ccc(Br)cc1S(=O)(=O)Nc1nc2ccccc2nc1Nc1ccc(C(=O)O)cc1. The second kappa shape index (κ2) is 9.65. The van der Waals surface area contributed by atoms with Gasteiger partial charge in [0.05, 0.1) is 23.2 Å². The lowest BCUT2D eigenvalue weighted by Gasteiger charge is -2.16. The van der Waals surface area contributed by atoms with E-state index in [2.05, 4.69) is 35.9 Å². The smallest absolute Gasteiger partial charge is 0.335 e. The van der Waals surface area contributed by atoms with Gasteiger partial charge in [-0.1, -0.05) is 28.1 Å². The minimum atomic E-state index is -4.12. The van der Waals surface area contributed by atoms with Gasteiger partial charge in [0.25, 0.3) is 10.0 Å². The molecule has 0 bridgehead atoms. The van der Waals surface area contributed by atoms with Crippen LogP contribution in [-0.2, 0) is 10.0 Å². The number of aromatic nitrogens is 2. The van der Waals surface area contributed by atoms with Gasteiger partial charge in [-0.15, -0.1) is 0 Å². The van der Waals surface area contributed by atoms with Gasteiger partial charge in [-0.2, -0.15) is 0 Å². The molecule has 174 valence electrons. The van der Waals surface area contributed by atoms with Crippen LogP contribution in [0, 0.1) is 0 Å². The van der Waals surface area contributed by atoms with E-state index in [9.17, 15) is 13.2 Å². The lowest BCUT2D eigenvalue weighted by molar-refractivity contribution is 0.0697. The number of fused-ring (bicyclic) bond motifs is 1. The van der Waals surface area contributed by atoms with Crippen molar-refractivity contribution in [3.05, 3.63) is 76.8 Å². The normalized spacial score (nSPS) is 11.2. The summed E-state index contributed by atoms with van der Waals surface area (Å²) in [5.74, 6) is -0.725. The average molecular weight is 543 g/mol. The Morgan fingerprint density at radius 1 is 1.00 bits per heavy atom. The molecule has 0 aliphatic carbocycles. The number of halogens is 1. The van der Waals surface area contributed by atoms with Crippen molar-refractivity contribution in [1.29, 1.82) is 0 Å². The fourth-order valence-electron chi connectivity index (χ4n) is 3.14. The van der Waals surface area contributed by atoms with Crippen molar-refractivity contribution in [3.8, 4) is 5.75 Å². The number of ether oxygens (including phenoxy) is 1. The van der Waals surface area contributed by atoms with Gasteiger partial charge in [0.2, 0.25) is 0 Å². The van der Waals surface area contributed by atoms with Gasteiger partial charge in [-0.3, -0.25) is 4.72 Å². The highest BCUT2D eigenvalue weighted by atomic mass is 79.9. The van der Waals surface area contributed by atoms with E-state index in [1.54, 1.807) is 55.5 Å². The van der Waals surface area contributed by atoms with Crippen molar-refractivity contribution in [3.63, 3.8) is 0 Å². The number of hydrogen-bond donors (Lipinski definition) is 3. The van der Waals surface area contributed by atoms with Crippen molar-refractivity contribution in [2.75, 3.05) is 16.6 Å². The number of benzene rings is 3. The van der Waals surface area contributed by atoms with Crippen LogP contribution in [0.5, 0.6) is 5.75 Å². The predicted molar refractivity (Wildman–Crippen MR) is 132 cm³/mol. The summed E-state index contributed by atoms with van der Waals surface area (Å²) in [4.78, 5) is 20.1. The minimum absolute atomic E-state index is 0.0246. The Kier molecular flexibility index (Phi) is 6.66. The summed E-state index contributed by atoms with van der Waals surface area (Å²) in [5.41, 5.74) is 1.67. The molecule has 4 rings (SSSR count). The van der Waals surface area contributed by atoms with E-state index in [1.807, 2.05) is 0 Å². The molecule has 0 unspecified atom stereocenters. The van der Waals surface area contributed by atoms with Gasteiger partial charge in [-0.05, 0) is 61.5 Å². The van der Waals surface area contributed by atoms with Crippen LogP contribution in [0.25, 0.3) is 11.0 Å². The van der Waals surface area contributed by atoms with E-state index >= 15 is 0 Å². The molecular formula is C23H19BrN4O5S. The second-order valence-electron chi connectivity index (χ2n) is 7.05. The van der Waals surface area contributed by atoms with Crippen LogP contribution in [-0.4, -0.2) is 36.1 Å². The molecule has 34 heavy (non-hydrogen) atoms. The number of nitrogens with zero attached hydrogens (tertiary/aromatic N) is 2. The highest BCUT2D eigenvalue weighted by Crippen LogP contribution is 2.32. The molecule has 0 saturated heterocycles. The molecule has 0 atom stereocenters. The van der Waals surface area contributed by atoms with Gasteiger partial charge < -0.3 is 15.2 Å². The Bertz CT molecular complexity index is 1480. The van der Waals surface area contributed by atoms with Crippen LogP contribution in [0.15, 0.2) is 76.1 Å². The number of rotatable bonds is 8. The van der Waals surface area contributed by atoms with Crippen LogP contribution in [0.1, 0.15) is 17.3 Å². The number of anilines is 3. The van der Waals surface area contributed by atoms with E-state index in [0.717, 1.165) is 0 Å². The zero-order valence-corrected chi connectivity index (χ0v) is 20.2. The van der Waals surface area contributed by atoms with Crippen LogP contribution in [0.4, 0.5) is 17.3 Å². The van der Waals surface area contributed by atoms with Crippen LogP contribution in [0.2, 0.25) is 0 Å². The van der Waals surface area contributed by atoms with Crippen LogP contribution >= 0.6 is 15.9 Å². The largest absolute Gasteiger partial charge is 0.492 e. The summed E-state index contributed by atoms with van der Waals surface area (Å²) in [5, 5.41) is 12.1. The third-order valence-electron chi connectivity index (χ3n) is 4.69. The van der Waals surface area contributed by atoms with Crippen LogP contribution < -0.4 is 14.8 Å². The van der Waals surface area contributed by atoms with Crippen molar-refractivity contribution in [2.45, 2.75) is 11.8 Å². The maximum Gasteiger partial charge on any atom is 0.335 e. The summed E-state index contributed by atoms with van der Waals surface area (Å²) >= 11 is 3.30. The summed E-state index contributed by atoms with van der Waals surface area (Å²) in [6.07, 6.45) is 0. The number of nitrogens with one attached hydrogen (secondary N) is 2. The number of carbonyl (C=O) groups is 1. The first-order valence-corrected chi connectivity index (χ1v) is 12.4. The molecule has 0 saturated carbocycles. The Hall–Kier alpha value is -3.70. The van der Waals surface area contributed by atoms with E-state index in [0.29, 0.717) is 27.8 Å². The number of hydrogen-bond acceptors (Lipinski definition) is 7. The standard InChI is InChI=1S/C23H19BrN4O5S/c1-2-33-19-12-9-15(24)13-20(19)34(31,32)28-22-21(26-17-5-3-4-6-18(17)27-22)25-16-10-7-14(8-11-16)23(29)30/h3-13H,2H2,1H3,(H,25,26)(H,27,28)(H,29,30). The topological polar surface area (TPSA) is 131 Å². The fourth-order valence-corrected chi connectivity index (χ4v) is 4.83. The summed E-state index contributed by atoms with van der Waals surface area (Å²) in [7, 11) is -4.12. The maximum atomic E-state index is 13.3. The molecule has 1 heterocycles. The van der Waals surface area contributed by atoms with Crippen LogP contribution in [0.3, 0.4) is 0 Å². The molecule has 0 fully saturated rings. The number of carboxylic acid groups (broad SMARTS) is 1. The molecule has 0 spiro atoms. The third-order valence-corrected chi connectivity index (χ3v) is 6.54. The molecule has 1 aromatic heterocycles. The Morgan fingerprint density at radius 2 is 1.65 bits per heavy atom. The molecule has 3 aromatic carbocycles. The highest BCUT2D eigenvalue weighted by molar-refractivity contribution is 9.10. The third kappa shape index (κ3) is 5.10. The predicted octanol–water partition coefficient (Wildman–Crippen LogP) is 5.03. The number of para-hydroxylation sites is 2. The summed E-state index contributed by atoms with van der Waals surface area (Å²) in [6, 6.07) is 17.7. The van der Waals surface area contributed by atoms with Gasteiger partial charge in [-0.25, -0.2) is 23.2 Å². The molecule has 0 aliphatic rings. The van der Waals surface area contributed by atoms with Crippen molar-refractivity contribution in [1.82, 2.24) is 9.97 Å². The molecule has 9 nitrogen and oxygen atoms in total. The zero-order chi connectivity index (χ0) is 24.3. The average Bonchev–Trinajstić information content (AvgIpc) is 2.81. The second-order valence-corrected chi connectivity index (χ2v) is 9.61. The van der Waals surface area contributed by atoms with E-state index in [-0.39, 0.29) is 27.8 Å². The molecule has 0 amide bonds. The Labute approximate surface area is 204 Å². The molecule has 3 N–H and O–H groups in total. The minimum Gasteiger partial charge on any atom is -0.492 e. The van der Waals surface area contributed by atoms with Gasteiger partial charge in [0, 0.05) is 10.2 Å². The Morgan fingerprint density at radius 3 is 2.26 bits per heavy atom. The summed E-state index contributed by atoms with van der Waals surface area (Å²) in [6.45, 7) is 2.05. The molecule has 0 aliphatic heterocycles. The fraction of sp³-hybridized carbons (Fsp3) is 0.0870. The van der Waals surface area contributed by atoms with Crippen molar-refractivity contribution < 1.29 is 23.1 Å². The lowest BCUT2D eigenvalue weighted by atomic mass is 10.2. The molecule has 4 aromatic rings. The lowest BCUT2D eigenvalue weighted by Crippen LogP contribution is -2.17. The van der Waals surface area contributed by atoms with Crippen molar-refractivity contribution in [2.24, 2.45) is 0 Å². The number of aromatic carboxylic acids is 1.